The van der Waals surface area contributed by atoms with Gasteiger partial charge in [0.25, 0.3) is 0 Å². The highest BCUT2D eigenvalue weighted by atomic mass is 16.5. The maximum atomic E-state index is 15.2. The normalized spacial score (nSPS) is 25.7. The Labute approximate surface area is 272 Å². The van der Waals surface area contributed by atoms with E-state index in [4.69, 9.17) is 18.9 Å². The van der Waals surface area contributed by atoms with E-state index in [-0.39, 0.29) is 33.9 Å². The quantitative estimate of drug-likeness (QED) is 0.277. The van der Waals surface area contributed by atoms with Gasteiger partial charge in [-0.05, 0) is 93.1 Å². The number of carbonyl (C=O) groups is 6. The largest absolute Gasteiger partial charge is 0.493 e. The Balaban J connectivity index is 1.34. The fraction of sp³-hybridized carbons (Fsp3) is 0.211. The standard InChI is InChI=1S/C38H24O10/c1-45-25-9-17-18(10-26(25)46-2)30-14-6-22(40)21(39)5-13(14)29(17)33-34(30)38(44)36-32-16-8-24(42)23(41)7-15(16)31(35(36)37(33)43)19-11-27(47-3)28(48-4)12-20(19)32/h5-12,29-32H,1-4H3/t29-,30?,31+,32?. The minimum atomic E-state index is -0.850. The summed E-state index contributed by atoms with van der Waals surface area (Å²) in [5.74, 6) is -5.40. The molecule has 48 heavy (non-hydrogen) atoms. The molecule has 0 aliphatic heterocycles. The fourth-order valence-corrected chi connectivity index (χ4v) is 8.84. The minimum Gasteiger partial charge on any atom is -0.493 e. The van der Waals surface area contributed by atoms with Crippen molar-refractivity contribution in [1.29, 1.82) is 0 Å². The molecule has 9 aliphatic rings. The van der Waals surface area contributed by atoms with Gasteiger partial charge in [-0.2, -0.15) is 0 Å². The number of hydrogen-bond acceptors (Lipinski definition) is 10. The summed E-state index contributed by atoms with van der Waals surface area (Å²) < 4.78 is 22.4. The predicted molar refractivity (Wildman–Crippen MR) is 166 cm³/mol. The van der Waals surface area contributed by atoms with Crippen molar-refractivity contribution in [2.24, 2.45) is 0 Å². The van der Waals surface area contributed by atoms with Crippen LogP contribution < -0.4 is 18.9 Å². The van der Waals surface area contributed by atoms with Crippen LogP contribution >= 0.6 is 0 Å². The monoisotopic (exact) mass is 640 g/mol. The zero-order valence-corrected chi connectivity index (χ0v) is 26.0. The summed E-state index contributed by atoms with van der Waals surface area (Å²) in [7, 11) is 5.96. The topological polar surface area (TPSA) is 139 Å². The molecule has 11 rings (SSSR count). The van der Waals surface area contributed by atoms with Gasteiger partial charge in [-0.1, -0.05) is 0 Å². The molecule has 0 fully saturated rings. The van der Waals surface area contributed by atoms with Crippen LogP contribution in [0, 0.1) is 0 Å². The van der Waals surface area contributed by atoms with Gasteiger partial charge in [0, 0.05) is 46.0 Å². The first-order valence-corrected chi connectivity index (χ1v) is 15.3. The Hall–Kier alpha value is -5.90. The Kier molecular flexibility index (Phi) is 5.52. The zero-order valence-electron chi connectivity index (χ0n) is 26.0. The Bertz CT molecular complexity index is 1990. The van der Waals surface area contributed by atoms with Gasteiger partial charge < -0.3 is 18.9 Å². The highest BCUT2D eigenvalue weighted by Gasteiger charge is 2.59. The van der Waals surface area contributed by atoms with Crippen LogP contribution in [-0.2, 0) is 28.8 Å². The van der Waals surface area contributed by atoms with Crippen molar-refractivity contribution in [3.05, 3.63) is 115 Å². The molecule has 0 radical (unpaired) electrons. The number of carbonyl (C=O) groups excluding carboxylic acids is 6. The van der Waals surface area contributed by atoms with E-state index in [1.54, 1.807) is 24.3 Å². The summed E-state index contributed by atoms with van der Waals surface area (Å²) in [5.41, 5.74) is 5.52. The van der Waals surface area contributed by atoms with E-state index in [9.17, 15) is 19.2 Å². The van der Waals surface area contributed by atoms with E-state index >= 15 is 9.59 Å². The van der Waals surface area contributed by atoms with Crippen molar-refractivity contribution in [3.8, 4) is 23.0 Å². The van der Waals surface area contributed by atoms with Gasteiger partial charge in [0.05, 0.1) is 28.4 Å². The van der Waals surface area contributed by atoms with Crippen molar-refractivity contribution in [3.63, 3.8) is 0 Å². The Morgan fingerprint density at radius 3 is 0.771 bits per heavy atom. The SMILES string of the molecule is COc1cc2c(cc1OC)[C@@H]1C3=CC(=O)C(=O)C=C3C2C2=C1C(=O)C1=C(C2=O)C2C3=CC(=O)C(=O)C=C3[C@@H]1c1cc(OC)c(OC)cc12. The van der Waals surface area contributed by atoms with Gasteiger partial charge in [0.2, 0.25) is 23.1 Å². The summed E-state index contributed by atoms with van der Waals surface area (Å²) in [6.45, 7) is 0. The number of rotatable bonds is 4. The number of hydrogen-bond donors (Lipinski definition) is 0. The molecule has 2 aromatic carbocycles. The molecule has 4 bridgehead atoms. The van der Waals surface area contributed by atoms with E-state index in [0.717, 1.165) is 0 Å². The maximum Gasteiger partial charge on any atom is 0.226 e. The van der Waals surface area contributed by atoms with Crippen LogP contribution in [0.15, 0.2) is 93.2 Å². The van der Waals surface area contributed by atoms with Crippen LogP contribution in [0.5, 0.6) is 23.0 Å². The summed E-state index contributed by atoms with van der Waals surface area (Å²) in [6, 6.07) is 7.02. The third kappa shape index (κ3) is 3.21. The van der Waals surface area contributed by atoms with E-state index in [1.165, 1.54) is 52.7 Å². The lowest BCUT2D eigenvalue weighted by Crippen LogP contribution is -2.46. The highest BCUT2D eigenvalue weighted by molar-refractivity contribution is 6.48. The van der Waals surface area contributed by atoms with Gasteiger partial charge in [-0.3, -0.25) is 28.8 Å². The molecular weight excluding hydrogens is 616 g/mol. The second-order valence-electron chi connectivity index (χ2n) is 12.6. The second kappa shape index (κ2) is 9.34. The van der Waals surface area contributed by atoms with Crippen LogP contribution in [0.1, 0.15) is 45.9 Å². The lowest BCUT2D eigenvalue weighted by atomic mass is 9.49. The molecule has 2 unspecified atom stereocenters. The van der Waals surface area contributed by atoms with E-state index < -0.39 is 46.8 Å². The lowest BCUT2D eigenvalue weighted by Gasteiger charge is -2.51. The molecule has 2 aromatic rings. The number of ketones is 6. The predicted octanol–water partition coefficient (Wildman–Crippen LogP) is 3.56. The van der Waals surface area contributed by atoms with Gasteiger partial charge in [0.15, 0.2) is 34.6 Å². The van der Waals surface area contributed by atoms with E-state index in [0.29, 0.717) is 67.5 Å². The number of allylic oxidation sites excluding steroid dienone is 12. The summed E-state index contributed by atoms with van der Waals surface area (Å²) in [6.07, 6.45) is 5.09. The van der Waals surface area contributed by atoms with Crippen molar-refractivity contribution >= 4 is 34.7 Å². The zero-order chi connectivity index (χ0) is 33.5. The summed E-state index contributed by atoms with van der Waals surface area (Å²) >= 11 is 0. The molecule has 0 heterocycles. The first kappa shape index (κ1) is 28.3. The van der Waals surface area contributed by atoms with E-state index in [1.807, 2.05) is 0 Å². The van der Waals surface area contributed by atoms with Gasteiger partial charge in [-0.25, -0.2) is 0 Å². The summed E-state index contributed by atoms with van der Waals surface area (Å²) in [5, 5.41) is 0. The number of benzene rings is 2. The van der Waals surface area contributed by atoms with Crippen LogP contribution in [0.3, 0.4) is 0 Å². The number of methoxy groups -OCH3 is 4. The van der Waals surface area contributed by atoms with Crippen LogP contribution in [0.4, 0.5) is 0 Å². The van der Waals surface area contributed by atoms with Crippen molar-refractivity contribution in [2.45, 2.75) is 23.7 Å². The summed E-state index contributed by atoms with van der Waals surface area (Å²) in [4.78, 5) is 81.4. The molecular formula is C38H24O10. The van der Waals surface area contributed by atoms with Crippen molar-refractivity contribution < 1.29 is 47.7 Å². The molecule has 10 nitrogen and oxygen atoms in total. The van der Waals surface area contributed by atoms with E-state index in [2.05, 4.69) is 0 Å². The lowest BCUT2D eigenvalue weighted by molar-refractivity contribution is -0.131. The third-order valence-electron chi connectivity index (χ3n) is 10.7. The molecule has 0 saturated heterocycles. The molecule has 0 spiro atoms. The highest BCUT2D eigenvalue weighted by Crippen LogP contribution is 2.67. The first-order chi connectivity index (χ1) is 23.1. The third-order valence-corrected chi connectivity index (χ3v) is 10.7. The van der Waals surface area contributed by atoms with Gasteiger partial charge >= 0.3 is 0 Å². The number of Topliss-reactive ketones (excluding diaryl/α,β-unsaturated/α-hetero) is 2. The van der Waals surface area contributed by atoms with Gasteiger partial charge in [-0.15, -0.1) is 0 Å². The van der Waals surface area contributed by atoms with Crippen LogP contribution in [-0.4, -0.2) is 63.1 Å². The van der Waals surface area contributed by atoms with Crippen molar-refractivity contribution in [2.75, 3.05) is 28.4 Å². The molecule has 10 heteroatoms. The Morgan fingerprint density at radius 2 is 0.583 bits per heavy atom. The second-order valence-corrected chi connectivity index (χ2v) is 12.6. The smallest absolute Gasteiger partial charge is 0.226 e. The van der Waals surface area contributed by atoms with Crippen LogP contribution in [0.25, 0.3) is 0 Å². The molecule has 0 saturated carbocycles. The minimum absolute atomic E-state index is 0.230. The van der Waals surface area contributed by atoms with Crippen molar-refractivity contribution in [1.82, 2.24) is 0 Å². The molecule has 0 amide bonds. The maximum absolute atomic E-state index is 15.2. The average Bonchev–Trinajstić information content (AvgIpc) is 3.09. The number of ether oxygens (including phenoxy) is 4. The first-order valence-electron chi connectivity index (χ1n) is 15.3. The fourth-order valence-electron chi connectivity index (χ4n) is 8.84. The molecule has 9 aliphatic carbocycles. The molecule has 4 atom stereocenters. The molecule has 0 N–H and O–H groups in total. The average molecular weight is 641 g/mol. The Morgan fingerprint density at radius 1 is 0.375 bits per heavy atom. The molecule has 236 valence electrons. The molecule has 0 aromatic heterocycles. The van der Waals surface area contributed by atoms with Gasteiger partial charge in [0.1, 0.15) is 0 Å². The van der Waals surface area contributed by atoms with Crippen LogP contribution in [0.2, 0.25) is 0 Å².